The lowest BCUT2D eigenvalue weighted by Gasteiger charge is -2.36. The SMILES string of the molecule is CCC(C)(OC)C(Cc1ncc(C)c(OC)c1C)NC. The van der Waals surface area contributed by atoms with E-state index in [9.17, 15) is 0 Å². The average Bonchev–Trinajstić information content (AvgIpc) is 2.46. The van der Waals surface area contributed by atoms with Crippen LogP contribution in [-0.2, 0) is 11.2 Å². The second kappa shape index (κ2) is 7.04. The maximum atomic E-state index is 5.71. The minimum atomic E-state index is -0.207. The van der Waals surface area contributed by atoms with Gasteiger partial charge in [0.15, 0.2) is 0 Å². The van der Waals surface area contributed by atoms with Crippen molar-refractivity contribution in [3.63, 3.8) is 0 Å². The van der Waals surface area contributed by atoms with Crippen LogP contribution in [0.4, 0.5) is 0 Å². The summed E-state index contributed by atoms with van der Waals surface area (Å²) in [5, 5.41) is 3.37. The normalized spacial score (nSPS) is 15.8. The monoisotopic (exact) mass is 280 g/mol. The van der Waals surface area contributed by atoms with Crippen LogP contribution in [0.15, 0.2) is 6.20 Å². The Labute approximate surface area is 122 Å². The quantitative estimate of drug-likeness (QED) is 0.834. The number of aromatic nitrogens is 1. The number of aryl methyl sites for hydroxylation is 1. The molecule has 0 aromatic carbocycles. The number of likely N-dealkylation sites (N-methyl/N-ethyl adjacent to an activating group) is 1. The number of rotatable bonds is 7. The zero-order valence-corrected chi connectivity index (χ0v) is 13.8. The molecule has 1 rings (SSSR count). The van der Waals surface area contributed by atoms with Crippen LogP contribution in [-0.4, -0.2) is 37.9 Å². The van der Waals surface area contributed by atoms with E-state index in [1.54, 1.807) is 14.2 Å². The molecular weight excluding hydrogens is 252 g/mol. The number of hydrogen-bond acceptors (Lipinski definition) is 4. The largest absolute Gasteiger partial charge is 0.496 e. The maximum absolute atomic E-state index is 5.71. The number of methoxy groups -OCH3 is 2. The molecule has 0 aliphatic heterocycles. The highest BCUT2D eigenvalue weighted by Gasteiger charge is 2.32. The van der Waals surface area contributed by atoms with Gasteiger partial charge in [0.05, 0.1) is 12.7 Å². The Morgan fingerprint density at radius 2 is 2.00 bits per heavy atom. The van der Waals surface area contributed by atoms with Crippen LogP contribution in [0.25, 0.3) is 0 Å². The Bertz CT molecular complexity index is 442. The van der Waals surface area contributed by atoms with Crippen molar-refractivity contribution in [1.29, 1.82) is 0 Å². The molecule has 114 valence electrons. The first kappa shape index (κ1) is 16.9. The first-order valence-electron chi connectivity index (χ1n) is 7.15. The van der Waals surface area contributed by atoms with Crippen molar-refractivity contribution in [2.75, 3.05) is 21.3 Å². The molecule has 1 N–H and O–H groups in total. The summed E-state index contributed by atoms with van der Waals surface area (Å²) >= 11 is 0. The second-order valence-electron chi connectivity index (χ2n) is 5.46. The van der Waals surface area contributed by atoms with Crippen molar-refractivity contribution in [3.05, 3.63) is 23.0 Å². The Kier molecular flexibility index (Phi) is 5.96. The first-order valence-corrected chi connectivity index (χ1v) is 7.15. The zero-order valence-electron chi connectivity index (χ0n) is 13.8. The predicted molar refractivity (Wildman–Crippen MR) is 82.5 cm³/mol. The Morgan fingerprint density at radius 3 is 2.45 bits per heavy atom. The van der Waals surface area contributed by atoms with E-state index in [1.807, 2.05) is 20.2 Å². The van der Waals surface area contributed by atoms with E-state index in [-0.39, 0.29) is 11.6 Å². The molecule has 0 bridgehead atoms. The molecule has 1 heterocycles. The summed E-state index contributed by atoms with van der Waals surface area (Å²) in [5.41, 5.74) is 3.03. The van der Waals surface area contributed by atoms with Gasteiger partial charge >= 0.3 is 0 Å². The number of ether oxygens (including phenoxy) is 2. The molecule has 4 nitrogen and oxygen atoms in total. The van der Waals surface area contributed by atoms with E-state index >= 15 is 0 Å². The maximum Gasteiger partial charge on any atom is 0.128 e. The smallest absolute Gasteiger partial charge is 0.128 e. The average molecular weight is 280 g/mol. The third-order valence-corrected chi connectivity index (χ3v) is 4.40. The summed E-state index contributed by atoms with van der Waals surface area (Å²) in [4.78, 5) is 4.58. The van der Waals surface area contributed by atoms with Crippen molar-refractivity contribution in [1.82, 2.24) is 10.3 Å². The molecule has 4 heteroatoms. The van der Waals surface area contributed by atoms with Gasteiger partial charge in [-0.1, -0.05) is 6.92 Å². The van der Waals surface area contributed by atoms with Crippen LogP contribution in [0.3, 0.4) is 0 Å². The second-order valence-corrected chi connectivity index (χ2v) is 5.46. The molecule has 20 heavy (non-hydrogen) atoms. The topological polar surface area (TPSA) is 43.4 Å². The summed E-state index contributed by atoms with van der Waals surface area (Å²) in [6.45, 7) is 8.36. The molecule has 0 spiro atoms. The molecule has 0 fully saturated rings. The van der Waals surface area contributed by atoms with Crippen molar-refractivity contribution in [3.8, 4) is 5.75 Å². The van der Waals surface area contributed by atoms with Crippen molar-refractivity contribution >= 4 is 0 Å². The molecule has 2 unspecified atom stereocenters. The highest BCUT2D eigenvalue weighted by molar-refractivity contribution is 5.41. The molecule has 0 aliphatic carbocycles. The molecule has 0 aliphatic rings. The lowest BCUT2D eigenvalue weighted by molar-refractivity contribution is -0.0271. The van der Waals surface area contributed by atoms with Crippen LogP contribution in [0.5, 0.6) is 5.75 Å². The lowest BCUT2D eigenvalue weighted by Crippen LogP contribution is -2.50. The minimum absolute atomic E-state index is 0.205. The van der Waals surface area contributed by atoms with E-state index in [2.05, 4.69) is 31.1 Å². The van der Waals surface area contributed by atoms with Gasteiger partial charge in [0.1, 0.15) is 5.75 Å². The van der Waals surface area contributed by atoms with Gasteiger partial charge in [0.2, 0.25) is 0 Å². The van der Waals surface area contributed by atoms with Gasteiger partial charge in [-0.05, 0) is 34.2 Å². The molecule has 1 aromatic rings. The zero-order chi connectivity index (χ0) is 15.3. The summed E-state index contributed by atoms with van der Waals surface area (Å²) < 4.78 is 11.2. The molecule has 1 aromatic heterocycles. The fraction of sp³-hybridized carbons (Fsp3) is 0.688. The van der Waals surface area contributed by atoms with Crippen molar-refractivity contribution in [2.45, 2.75) is 52.2 Å². The van der Waals surface area contributed by atoms with Gasteiger partial charge in [0.25, 0.3) is 0 Å². The Hall–Kier alpha value is -1.13. The first-order chi connectivity index (χ1) is 9.43. The predicted octanol–water partition coefficient (Wildman–Crippen LogP) is 2.65. The van der Waals surface area contributed by atoms with Crippen LogP contribution in [0.1, 0.15) is 37.1 Å². The number of hydrogen-bond donors (Lipinski definition) is 1. The third kappa shape index (κ3) is 3.30. The molecular formula is C16H28N2O2. The van der Waals surface area contributed by atoms with Crippen LogP contribution >= 0.6 is 0 Å². The van der Waals surface area contributed by atoms with Crippen LogP contribution in [0, 0.1) is 13.8 Å². The minimum Gasteiger partial charge on any atom is -0.496 e. The summed E-state index contributed by atoms with van der Waals surface area (Å²) in [5.74, 6) is 0.931. The van der Waals surface area contributed by atoms with Gasteiger partial charge in [-0.25, -0.2) is 0 Å². The number of nitrogens with zero attached hydrogens (tertiary/aromatic N) is 1. The fourth-order valence-electron chi connectivity index (χ4n) is 2.63. The van der Waals surface area contributed by atoms with Crippen molar-refractivity contribution in [2.24, 2.45) is 0 Å². The van der Waals surface area contributed by atoms with E-state index in [4.69, 9.17) is 9.47 Å². The summed E-state index contributed by atoms with van der Waals surface area (Å²) in [6, 6.07) is 0.205. The molecule has 2 atom stereocenters. The summed E-state index contributed by atoms with van der Waals surface area (Å²) in [6.07, 6.45) is 3.64. The van der Waals surface area contributed by atoms with Crippen LogP contribution < -0.4 is 10.1 Å². The molecule has 0 amide bonds. The van der Waals surface area contributed by atoms with Gasteiger partial charge in [-0.3, -0.25) is 4.98 Å². The van der Waals surface area contributed by atoms with Gasteiger partial charge in [0, 0.05) is 42.6 Å². The third-order valence-electron chi connectivity index (χ3n) is 4.40. The van der Waals surface area contributed by atoms with Gasteiger partial charge in [-0.15, -0.1) is 0 Å². The Balaban J connectivity index is 3.08. The number of pyridine rings is 1. The van der Waals surface area contributed by atoms with E-state index in [0.717, 1.165) is 35.4 Å². The van der Waals surface area contributed by atoms with Crippen molar-refractivity contribution < 1.29 is 9.47 Å². The highest BCUT2D eigenvalue weighted by Crippen LogP contribution is 2.27. The van der Waals surface area contributed by atoms with Gasteiger partial charge < -0.3 is 14.8 Å². The number of nitrogens with one attached hydrogen (secondary N) is 1. The molecule has 0 saturated carbocycles. The fourth-order valence-corrected chi connectivity index (χ4v) is 2.63. The molecule has 0 radical (unpaired) electrons. The highest BCUT2D eigenvalue weighted by atomic mass is 16.5. The van der Waals surface area contributed by atoms with Gasteiger partial charge in [-0.2, -0.15) is 0 Å². The molecule has 0 saturated heterocycles. The van der Waals surface area contributed by atoms with E-state index in [0.29, 0.717) is 0 Å². The Morgan fingerprint density at radius 1 is 1.35 bits per heavy atom. The van der Waals surface area contributed by atoms with E-state index < -0.39 is 0 Å². The van der Waals surface area contributed by atoms with E-state index in [1.165, 1.54) is 0 Å². The lowest BCUT2D eigenvalue weighted by atomic mass is 9.88. The summed E-state index contributed by atoms with van der Waals surface area (Å²) in [7, 11) is 5.45. The van der Waals surface area contributed by atoms with Crippen LogP contribution in [0.2, 0.25) is 0 Å². The standard InChI is InChI=1S/C16H28N2O2/c1-8-16(4,20-7)14(17-5)9-13-12(3)15(19-6)11(2)10-18-13/h10,14,17H,8-9H2,1-7H3.